The van der Waals surface area contributed by atoms with E-state index in [4.69, 9.17) is 14.2 Å². The average molecular weight is 591 g/mol. The number of alkyl halides is 4. The third-order valence-electron chi connectivity index (χ3n) is 5.82. The fourth-order valence-corrected chi connectivity index (χ4v) is 3.83. The van der Waals surface area contributed by atoms with Gasteiger partial charge in [0.2, 0.25) is 6.93 Å². The third kappa shape index (κ3) is 14.7. The van der Waals surface area contributed by atoms with E-state index < -0.39 is 25.0 Å². The van der Waals surface area contributed by atoms with Crippen molar-refractivity contribution in [3.8, 4) is 0 Å². The molecule has 40 heavy (non-hydrogen) atoms. The van der Waals surface area contributed by atoms with E-state index in [0.29, 0.717) is 31.8 Å². The maximum absolute atomic E-state index is 13.4. The molecule has 0 aromatic carbocycles. The van der Waals surface area contributed by atoms with Crippen LogP contribution in [-0.2, 0) is 14.2 Å². The van der Waals surface area contributed by atoms with Crippen molar-refractivity contribution in [1.82, 2.24) is 20.0 Å². The van der Waals surface area contributed by atoms with Gasteiger partial charge in [0.1, 0.15) is 18.3 Å². The molecule has 4 aliphatic heterocycles. The van der Waals surface area contributed by atoms with Crippen molar-refractivity contribution in [2.45, 2.75) is 105 Å². The summed E-state index contributed by atoms with van der Waals surface area (Å²) in [4.78, 5) is 28.4. The molecule has 4 aliphatic rings. The topological polar surface area (TPSA) is 86.9 Å². The normalized spacial score (nSPS) is 24.3. The number of hydrogen-bond acceptors (Lipinski definition) is 7. The standard InChI is InChI=1S/C10H18F2N2O2.C10H16N2O3.2C3H8.CH2F2.H2/c1-4-14-5-8(10(11,12)6-14)16-9(15)13-7(2)3;1-2-11-3-7(4-11)14-10(13)12-5-8-9(6-12)15-8;2*1-3-2;2-1-3;/h7-8H,4-6H2,1-3H3,(H,13,15);7-9H,2-6H2,1H3;2*3H2,1-2H3;1H2;1H. The predicted octanol–water partition coefficient (Wildman–Crippen LogP) is 5.33. The summed E-state index contributed by atoms with van der Waals surface area (Å²) in [5.41, 5.74) is 0. The minimum absolute atomic E-state index is 0. The maximum atomic E-state index is 13.4. The molecule has 4 rings (SSSR count). The van der Waals surface area contributed by atoms with Crippen molar-refractivity contribution in [2.24, 2.45) is 0 Å². The maximum Gasteiger partial charge on any atom is 0.410 e. The zero-order chi connectivity index (χ0) is 30.9. The summed E-state index contributed by atoms with van der Waals surface area (Å²) in [6, 6.07) is -0.121. The van der Waals surface area contributed by atoms with E-state index in [1.54, 1.807) is 30.6 Å². The van der Waals surface area contributed by atoms with Gasteiger partial charge in [0.15, 0.2) is 6.10 Å². The Bertz CT molecular complexity index is 694. The number of nitrogens with zero attached hydrogens (tertiary/aromatic N) is 3. The first-order valence-corrected chi connectivity index (χ1v) is 14.4. The van der Waals surface area contributed by atoms with E-state index in [0.717, 1.165) is 19.6 Å². The number of carbonyl (C=O) groups is 2. The number of likely N-dealkylation sites (tertiary alicyclic amines) is 3. The van der Waals surface area contributed by atoms with Gasteiger partial charge in [-0.25, -0.2) is 27.2 Å². The first-order chi connectivity index (χ1) is 18.8. The number of carbonyl (C=O) groups excluding carboxylic acids is 2. The number of ether oxygens (including phenoxy) is 3. The molecule has 3 atom stereocenters. The number of epoxide rings is 1. The van der Waals surface area contributed by atoms with Crippen LogP contribution < -0.4 is 5.32 Å². The van der Waals surface area contributed by atoms with E-state index in [2.05, 4.69) is 44.8 Å². The average Bonchev–Trinajstić information content (AvgIpc) is 3.33. The molecule has 0 saturated carbocycles. The van der Waals surface area contributed by atoms with Crippen LogP contribution in [0, 0.1) is 0 Å². The quantitative estimate of drug-likeness (QED) is 0.342. The molecule has 4 heterocycles. The highest BCUT2D eigenvalue weighted by Gasteiger charge is 2.50. The molecule has 0 bridgehead atoms. The number of halogens is 4. The summed E-state index contributed by atoms with van der Waals surface area (Å²) >= 11 is 0. The Morgan fingerprint density at radius 3 is 1.77 bits per heavy atom. The minimum atomic E-state index is -2.95. The van der Waals surface area contributed by atoms with Crippen LogP contribution in [0.3, 0.4) is 0 Å². The van der Waals surface area contributed by atoms with E-state index >= 15 is 0 Å². The number of nitrogens with one attached hydrogen (secondary N) is 1. The lowest BCUT2D eigenvalue weighted by molar-refractivity contribution is -0.0780. The number of likely N-dealkylation sites (N-methyl/N-ethyl adjacent to an activating group) is 2. The highest BCUT2D eigenvalue weighted by Crippen LogP contribution is 2.31. The fraction of sp³-hybridized carbons (Fsp3) is 0.926. The van der Waals surface area contributed by atoms with Crippen molar-refractivity contribution in [2.75, 3.05) is 59.3 Å². The molecule has 4 fully saturated rings. The highest BCUT2D eigenvalue weighted by molar-refractivity contribution is 5.69. The monoisotopic (exact) mass is 590 g/mol. The second-order valence-electron chi connectivity index (χ2n) is 10.3. The van der Waals surface area contributed by atoms with Gasteiger partial charge in [0, 0.05) is 27.1 Å². The van der Waals surface area contributed by atoms with E-state index in [1.165, 1.54) is 12.8 Å². The summed E-state index contributed by atoms with van der Waals surface area (Å²) in [7, 11) is 0. The molecule has 0 radical (unpaired) electrons. The van der Waals surface area contributed by atoms with E-state index in [1.807, 2.05) is 0 Å². The van der Waals surface area contributed by atoms with Crippen LogP contribution in [0.2, 0.25) is 0 Å². The second-order valence-corrected chi connectivity index (χ2v) is 10.3. The largest absolute Gasteiger partial charge is 0.443 e. The molecule has 0 aromatic heterocycles. The Morgan fingerprint density at radius 2 is 1.38 bits per heavy atom. The Labute approximate surface area is 239 Å². The van der Waals surface area contributed by atoms with Gasteiger partial charge in [0.25, 0.3) is 5.92 Å². The van der Waals surface area contributed by atoms with Gasteiger partial charge in [0.05, 0.1) is 19.6 Å². The zero-order valence-electron chi connectivity index (χ0n) is 25.6. The van der Waals surface area contributed by atoms with Crippen LogP contribution in [-0.4, -0.2) is 123 Å². The van der Waals surface area contributed by atoms with Gasteiger partial charge in [-0.05, 0) is 26.9 Å². The van der Waals surface area contributed by atoms with Gasteiger partial charge in [-0.2, -0.15) is 0 Å². The summed E-state index contributed by atoms with van der Waals surface area (Å²) < 4.78 is 61.4. The van der Waals surface area contributed by atoms with Crippen molar-refractivity contribution in [3.63, 3.8) is 0 Å². The highest BCUT2D eigenvalue weighted by atomic mass is 19.3. The first kappa shape index (κ1) is 38.1. The van der Waals surface area contributed by atoms with Crippen molar-refractivity contribution in [3.05, 3.63) is 0 Å². The van der Waals surface area contributed by atoms with E-state index in [9.17, 15) is 27.2 Å². The van der Waals surface area contributed by atoms with E-state index in [-0.39, 0.29) is 32.8 Å². The van der Waals surface area contributed by atoms with Crippen LogP contribution in [0.25, 0.3) is 0 Å². The number of alkyl carbamates (subject to hydrolysis) is 1. The molecular weight excluding hydrogens is 536 g/mol. The fourth-order valence-electron chi connectivity index (χ4n) is 3.83. The van der Waals surface area contributed by atoms with Crippen molar-refractivity contribution < 1.29 is 42.8 Å². The van der Waals surface area contributed by atoms with Crippen molar-refractivity contribution >= 4 is 12.2 Å². The molecule has 0 spiro atoms. The Balaban J connectivity index is 0. The number of hydrogen-bond donors (Lipinski definition) is 1. The zero-order valence-corrected chi connectivity index (χ0v) is 25.6. The number of morpholine rings is 1. The molecule has 2 amide bonds. The van der Waals surface area contributed by atoms with Gasteiger partial charge >= 0.3 is 12.2 Å². The smallest absolute Gasteiger partial charge is 0.410 e. The second kappa shape index (κ2) is 20.1. The van der Waals surface area contributed by atoms with Crippen LogP contribution in [0.15, 0.2) is 0 Å². The van der Waals surface area contributed by atoms with Gasteiger partial charge in [-0.15, -0.1) is 0 Å². The predicted molar refractivity (Wildman–Crippen MR) is 149 cm³/mol. The Kier molecular flexibility index (Phi) is 19.2. The molecule has 1 N–H and O–H groups in total. The molecular formula is C27H54F4N4O5. The van der Waals surface area contributed by atoms with Gasteiger partial charge < -0.3 is 24.4 Å². The molecule has 0 aromatic rings. The van der Waals surface area contributed by atoms with Crippen molar-refractivity contribution in [1.29, 1.82) is 0 Å². The molecule has 13 heteroatoms. The Hall–Kier alpha value is -1.86. The molecule has 3 unspecified atom stereocenters. The summed E-state index contributed by atoms with van der Waals surface area (Å²) in [6.45, 7) is 18.7. The first-order valence-electron chi connectivity index (χ1n) is 14.4. The summed E-state index contributed by atoms with van der Waals surface area (Å²) in [6.07, 6.45) is 0.919. The molecule has 240 valence electrons. The van der Waals surface area contributed by atoms with Crippen LogP contribution >= 0.6 is 0 Å². The molecule has 9 nitrogen and oxygen atoms in total. The van der Waals surface area contributed by atoms with Gasteiger partial charge in [-0.1, -0.05) is 54.4 Å². The van der Waals surface area contributed by atoms with Crippen LogP contribution in [0.5, 0.6) is 0 Å². The SMILES string of the molecule is CCC.CCC.CCN1CC(OC(=O)N2CC3OC3C2)C1.CCN1CC(OC(=O)NC(C)C)C(F)(F)C1.FCF.[HH]. The third-order valence-corrected chi connectivity index (χ3v) is 5.82. The number of amides is 2. The lowest BCUT2D eigenvalue weighted by atomic mass is 10.2. The minimum Gasteiger partial charge on any atom is -0.443 e. The number of fused-ring (bicyclic) bond motifs is 1. The molecule has 0 aliphatic carbocycles. The summed E-state index contributed by atoms with van der Waals surface area (Å²) in [5, 5.41) is 2.43. The summed E-state index contributed by atoms with van der Waals surface area (Å²) in [5.74, 6) is -2.95. The molecule has 4 saturated heterocycles. The van der Waals surface area contributed by atoms with Gasteiger partial charge in [-0.3, -0.25) is 9.80 Å². The van der Waals surface area contributed by atoms with Crippen LogP contribution in [0.4, 0.5) is 27.2 Å². The lowest BCUT2D eigenvalue weighted by Gasteiger charge is -2.38. The lowest BCUT2D eigenvalue weighted by Crippen LogP contribution is -2.53. The number of rotatable bonds is 5. The Morgan fingerprint density at radius 1 is 0.900 bits per heavy atom. The van der Waals surface area contributed by atoms with Crippen LogP contribution in [0.1, 0.15) is 69.7 Å².